The van der Waals surface area contributed by atoms with Crippen LogP contribution >= 0.6 is 0 Å². The first-order valence-corrected chi connectivity index (χ1v) is 17.3. The second-order valence-electron chi connectivity index (χ2n) is 14.8. The predicted molar refractivity (Wildman–Crippen MR) is 170 cm³/mol. The van der Waals surface area contributed by atoms with Crippen LogP contribution in [0.2, 0.25) is 0 Å². The lowest BCUT2D eigenvalue weighted by Crippen LogP contribution is -2.60. The smallest absolute Gasteiger partial charge is 0.410 e. The number of ether oxygens (including phenoxy) is 4. The Morgan fingerprint density at radius 1 is 0.957 bits per heavy atom. The van der Waals surface area contributed by atoms with Crippen LogP contribution in [-0.4, -0.2) is 114 Å². The third-order valence-corrected chi connectivity index (χ3v) is 10.6. The molecule has 5 aliphatic rings. The summed E-state index contributed by atoms with van der Waals surface area (Å²) in [6, 6.07) is 2.02. The molecule has 3 aliphatic heterocycles. The summed E-state index contributed by atoms with van der Waals surface area (Å²) in [4.78, 5) is 56.9. The standard InChI is InChI=1S/C34H51N5O7/c1-23(25-11-9-15-37(25)5)45-27-22-26(38-16-18-39(19-17-38)31(42)46-32(2,3)4)35-30(36-27)28(40)24-10-8-13-33(29(24)41)12-6-7-14-34(33)43-20-21-44-34/h22-25H,6-21H2,1-5H3/t23-,24?,25-,33-/m0/s1. The molecule has 2 spiro atoms. The summed E-state index contributed by atoms with van der Waals surface area (Å²) in [5.41, 5.74) is -1.40. The van der Waals surface area contributed by atoms with Crippen molar-refractivity contribution in [2.75, 3.05) is 57.9 Å². The number of hydrogen-bond donors (Lipinski definition) is 0. The molecule has 46 heavy (non-hydrogen) atoms. The third-order valence-electron chi connectivity index (χ3n) is 10.6. The number of piperazine rings is 1. The van der Waals surface area contributed by atoms with Crippen molar-refractivity contribution in [3.8, 4) is 5.88 Å². The molecule has 0 bridgehead atoms. The molecule has 2 aliphatic carbocycles. The van der Waals surface area contributed by atoms with E-state index < -0.39 is 22.7 Å². The van der Waals surface area contributed by atoms with Gasteiger partial charge in [-0.1, -0.05) is 12.8 Å². The summed E-state index contributed by atoms with van der Waals surface area (Å²) in [5.74, 6) is -1.37. The number of aromatic nitrogens is 2. The van der Waals surface area contributed by atoms with Crippen molar-refractivity contribution in [1.82, 2.24) is 19.8 Å². The number of likely N-dealkylation sites (N-methyl/N-ethyl adjacent to an activating group) is 1. The Morgan fingerprint density at radius 2 is 1.65 bits per heavy atom. The Balaban J connectivity index is 1.26. The molecule has 5 fully saturated rings. The minimum Gasteiger partial charge on any atom is -0.473 e. The molecule has 3 saturated heterocycles. The summed E-state index contributed by atoms with van der Waals surface area (Å²) in [5, 5.41) is 0. The van der Waals surface area contributed by atoms with Gasteiger partial charge in [0.1, 0.15) is 17.5 Å². The van der Waals surface area contributed by atoms with Gasteiger partial charge in [-0.15, -0.1) is 0 Å². The summed E-state index contributed by atoms with van der Waals surface area (Å²) >= 11 is 0. The zero-order valence-corrected chi connectivity index (χ0v) is 28.2. The number of carbonyl (C=O) groups excluding carboxylic acids is 3. The van der Waals surface area contributed by atoms with Gasteiger partial charge < -0.3 is 28.7 Å². The van der Waals surface area contributed by atoms with Gasteiger partial charge in [0.15, 0.2) is 11.6 Å². The highest BCUT2D eigenvalue weighted by Gasteiger charge is 2.63. The molecule has 0 radical (unpaired) electrons. The van der Waals surface area contributed by atoms with Crippen LogP contribution in [0.5, 0.6) is 5.88 Å². The minimum absolute atomic E-state index is 0.00238. The molecule has 12 heteroatoms. The fraction of sp³-hybridized carbons (Fsp3) is 0.794. The predicted octanol–water partition coefficient (Wildman–Crippen LogP) is 4.25. The number of hydrogen-bond acceptors (Lipinski definition) is 11. The van der Waals surface area contributed by atoms with Gasteiger partial charge in [-0.05, 0) is 79.8 Å². The Bertz CT molecular complexity index is 1300. The highest BCUT2D eigenvalue weighted by molar-refractivity contribution is 6.11. The first-order valence-electron chi connectivity index (χ1n) is 17.3. The van der Waals surface area contributed by atoms with E-state index in [1.165, 1.54) is 0 Å². The fourth-order valence-corrected chi connectivity index (χ4v) is 8.31. The van der Waals surface area contributed by atoms with Gasteiger partial charge in [0.2, 0.25) is 17.5 Å². The Labute approximate surface area is 272 Å². The van der Waals surface area contributed by atoms with Gasteiger partial charge in [0.05, 0.1) is 24.5 Å². The van der Waals surface area contributed by atoms with Crippen LogP contribution in [0.4, 0.5) is 10.6 Å². The van der Waals surface area contributed by atoms with E-state index in [0.717, 1.165) is 38.6 Å². The van der Waals surface area contributed by atoms with Crippen molar-refractivity contribution >= 4 is 23.5 Å². The molecule has 4 heterocycles. The first kappa shape index (κ1) is 33.1. The van der Waals surface area contributed by atoms with E-state index in [4.69, 9.17) is 23.9 Å². The lowest BCUT2D eigenvalue weighted by Gasteiger charge is -2.51. The van der Waals surface area contributed by atoms with Crippen molar-refractivity contribution < 1.29 is 33.3 Å². The quantitative estimate of drug-likeness (QED) is 0.327. The van der Waals surface area contributed by atoms with Crippen molar-refractivity contribution in [1.29, 1.82) is 0 Å². The molecule has 2 saturated carbocycles. The molecule has 1 unspecified atom stereocenters. The summed E-state index contributed by atoms with van der Waals surface area (Å²) < 4.78 is 24.4. The number of fused-ring (bicyclic) bond motifs is 1. The normalized spacial score (nSPS) is 29.4. The molecule has 0 aromatic carbocycles. The molecule has 1 amide bonds. The van der Waals surface area contributed by atoms with Crippen molar-refractivity contribution in [3.63, 3.8) is 0 Å². The number of carbonyl (C=O) groups is 3. The van der Waals surface area contributed by atoms with Crippen LogP contribution in [0, 0.1) is 11.3 Å². The lowest BCUT2D eigenvalue weighted by molar-refractivity contribution is -0.255. The second kappa shape index (κ2) is 13.0. The van der Waals surface area contributed by atoms with E-state index in [1.807, 2.05) is 32.6 Å². The Kier molecular flexibility index (Phi) is 9.35. The highest BCUT2D eigenvalue weighted by atomic mass is 16.7. The van der Waals surface area contributed by atoms with Gasteiger partial charge >= 0.3 is 6.09 Å². The zero-order chi connectivity index (χ0) is 32.7. The van der Waals surface area contributed by atoms with E-state index >= 15 is 0 Å². The Morgan fingerprint density at radius 3 is 2.33 bits per heavy atom. The van der Waals surface area contributed by atoms with Crippen LogP contribution in [0.25, 0.3) is 0 Å². The summed E-state index contributed by atoms with van der Waals surface area (Å²) in [7, 11) is 2.10. The van der Waals surface area contributed by atoms with E-state index in [-0.39, 0.29) is 35.6 Å². The number of amides is 1. The largest absolute Gasteiger partial charge is 0.473 e. The average Bonchev–Trinajstić information content (AvgIpc) is 3.68. The molecular weight excluding hydrogens is 590 g/mol. The van der Waals surface area contributed by atoms with Gasteiger partial charge in [-0.3, -0.25) is 14.5 Å². The molecule has 6 rings (SSSR count). The van der Waals surface area contributed by atoms with E-state index in [1.54, 1.807) is 11.0 Å². The SMILES string of the molecule is C[C@H](Oc1cc(N2CCN(C(=O)OC(C)(C)C)CC2)nc(C(=O)C2CCC[C@@]3(CCCCC34OCCO4)C2=O)n1)[C@@H]1CCCN1C. The molecular formula is C34H51N5O7. The minimum atomic E-state index is -0.936. The Hall–Kier alpha value is -2.83. The highest BCUT2D eigenvalue weighted by Crippen LogP contribution is 2.56. The molecule has 1 aromatic rings. The number of likely N-dealkylation sites (tertiary alicyclic amines) is 1. The van der Waals surface area contributed by atoms with Crippen LogP contribution in [0.15, 0.2) is 6.07 Å². The van der Waals surface area contributed by atoms with Crippen molar-refractivity contribution in [2.24, 2.45) is 11.3 Å². The molecule has 254 valence electrons. The maximum atomic E-state index is 14.4. The number of rotatable bonds is 6. The van der Waals surface area contributed by atoms with Crippen LogP contribution < -0.4 is 9.64 Å². The summed E-state index contributed by atoms with van der Waals surface area (Å²) in [6.07, 6.45) is 6.68. The first-order chi connectivity index (χ1) is 21.9. The second-order valence-corrected chi connectivity index (χ2v) is 14.8. The number of ketones is 2. The van der Waals surface area contributed by atoms with Crippen LogP contribution in [0.1, 0.15) is 96.1 Å². The molecule has 0 N–H and O–H groups in total. The van der Waals surface area contributed by atoms with Gasteiger partial charge in [0, 0.05) is 44.7 Å². The van der Waals surface area contributed by atoms with Gasteiger partial charge in [-0.2, -0.15) is 4.98 Å². The topological polar surface area (TPSA) is 124 Å². The molecule has 1 aromatic heterocycles. The number of anilines is 1. The lowest BCUT2D eigenvalue weighted by atomic mass is 9.57. The van der Waals surface area contributed by atoms with Crippen LogP contribution in [-0.2, 0) is 19.0 Å². The number of nitrogens with zero attached hydrogens (tertiary/aromatic N) is 5. The van der Waals surface area contributed by atoms with Crippen molar-refractivity contribution in [2.45, 2.75) is 109 Å². The zero-order valence-electron chi connectivity index (χ0n) is 28.2. The van der Waals surface area contributed by atoms with Crippen molar-refractivity contribution in [3.05, 3.63) is 11.9 Å². The third kappa shape index (κ3) is 6.36. The average molecular weight is 642 g/mol. The van der Waals surface area contributed by atoms with E-state index in [9.17, 15) is 14.4 Å². The van der Waals surface area contributed by atoms with E-state index in [0.29, 0.717) is 76.8 Å². The van der Waals surface area contributed by atoms with Gasteiger partial charge in [0.25, 0.3) is 0 Å². The van der Waals surface area contributed by atoms with Gasteiger partial charge in [-0.25, -0.2) is 9.78 Å². The molecule has 12 nitrogen and oxygen atoms in total. The fourth-order valence-electron chi connectivity index (χ4n) is 8.31. The maximum Gasteiger partial charge on any atom is 0.410 e. The van der Waals surface area contributed by atoms with Crippen LogP contribution in [0.3, 0.4) is 0 Å². The maximum absolute atomic E-state index is 14.4. The number of Topliss-reactive ketones (excluding diaryl/α,β-unsaturated/α-hetero) is 2. The molecule has 4 atom stereocenters. The van der Waals surface area contributed by atoms with E-state index in [2.05, 4.69) is 16.9 Å². The summed E-state index contributed by atoms with van der Waals surface area (Å²) in [6.45, 7) is 11.5. The monoisotopic (exact) mass is 641 g/mol.